The van der Waals surface area contributed by atoms with Crippen molar-refractivity contribution in [2.75, 3.05) is 13.2 Å². The first-order valence-corrected chi connectivity index (χ1v) is 6.57. The molecule has 3 heteroatoms. The molecule has 1 aliphatic carbocycles. The van der Waals surface area contributed by atoms with Gasteiger partial charge in [0.2, 0.25) is 0 Å². The van der Waals surface area contributed by atoms with Crippen molar-refractivity contribution >= 4 is 0 Å². The van der Waals surface area contributed by atoms with Gasteiger partial charge in [-0.2, -0.15) is 5.26 Å². The fraction of sp³-hybridized carbons (Fsp3) is 0.533. The van der Waals surface area contributed by atoms with Crippen LogP contribution in [0.15, 0.2) is 24.3 Å². The maximum atomic E-state index is 9.61. The Hall–Kier alpha value is -1.37. The van der Waals surface area contributed by atoms with Gasteiger partial charge >= 0.3 is 0 Å². The van der Waals surface area contributed by atoms with Crippen LogP contribution in [0.25, 0.3) is 0 Å². The number of nitrogens with zero attached hydrogens (tertiary/aromatic N) is 1. The summed E-state index contributed by atoms with van der Waals surface area (Å²) >= 11 is 0. The highest BCUT2D eigenvalue weighted by atomic mass is 16.7. The minimum Gasteiger partial charge on any atom is -0.350 e. The molecule has 0 N–H and O–H groups in total. The van der Waals surface area contributed by atoms with Crippen LogP contribution in [0.1, 0.15) is 30.4 Å². The molecule has 1 saturated heterocycles. The second-order valence-electron chi connectivity index (χ2n) is 5.06. The standard InChI is InChI=1S/C15H17NO2/c16-11-15(8-6-14-17-9-10-18-14)7-5-12-3-1-2-4-13(12)15/h1-4,14H,5-10H2. The first kappa shape index (κ1) is 11.7. The summed E-state index contributed by atoms with van der Waals surface area (Å²) in [7, 11) is 0. The van der Waals surface area contributed by atoms with Crippen molar-refractivity contribution in [3.05, 3.63) is 35.4 Å². The largest absolute Gasteiger partial charge is 0.350 e. The van der Waals surface area contributed by atoms with Gasteiger partial charge in [-0.1, -0.05) is 24.3 Å². The van der Waals surface area contributed by atoms with Gasteiger partial charge in [0.1, 0.15) is 0 Å². The van der Waals surface area contributed by atoms with Crippen LogP contribution >= 0.6 is 0 Å². The van der Waals surface area contributed by atoms with Gasteiger partial charge in [0.15, 0.2) is 6.29 Å². The highest BCUT2D eigenvalue weighted by Gasteiger charge is 2.39. The predicted octanol–water partition coefficient (Wildman–Crippen LogP) is 2.55. The average molecular weight is 243 g/mol. The lowest BCUT2D eigenvalue weighted by Crippen LogP contribution is -2.23. The van der Waals surface area contributed by atoms with E-state index in [0.717, 1.165) is 25.7 Å². The molecular weight excluding hydrogens is 226 g/mol. The third kappa shape index (κ3) is 1.92. The van der Waals surface area contributed by atoms with Gasteiger partial charge in [0, 0.05) is 6.42 Å². The fourth-order valence-corrected chi connectivity index (χ4v) is 3.06. The van der Waals surface area contributed by atoms with E-state index in [2.05, 4.69) is 24.3 Å². The lowest BCUT2D eigenvalue weighted by atomic mass is 9.79. The molecule has 18 heavy (non-hydrogen) atoms. The zero-order chi connectivity index (χ0) is 12.4. The minimum atomic E-state index is -0.327. The summed E-state index contributed by atoms with van der Waals surface area (Å²) in [5.41, 5.74) is 2.21. The number of benzene rings is 1. The highest BCUT2D eigenvalue weighted by Crippen LogP contribution is 2.42. The maximum Gasteiger partial charge on any atom is 0.157 e. The fourth-order valence-electron chi connectivity index (χ4n) is 3.06. The van der Waals surface area contributed by atoms with E-state index in [9.17, 15) is 5.26 Å². The van der Waals surface area contributed by atoms with Crippen LogP contribution in [0.2, 0.25) is 0 Å². The molecule has 0 saturated carbocycles. The molecule has 0 radical (unpaired) electrons. The number of aryl methyl sites for hydroxylation is 1. The maximum absolute atomic E-state index is 9.61. The molecule has 1 aromatic carbocycles. The minimum absolute atomic E-state index is 0.108. The summed E-state index contributed by atoms with van der Waals surface area (Å²) in [5.74, 6) is 0. The Kier molecular flexibility index (Phi) is 3.07. The van der Waals surface area contributed by atoms with Gasteiger partial charge in [0.05, 0.1) is 24.7 Å². The van der Waals surface area contributed by atoms with E-state index in [0.29, 0.717) is 13.2 Å². The van der Waals surface area contributed by atoms with Crippen molar-refractivity contribution in [1.29, 1.82) is 5.26 Å². The summed E-state index contributed by atoms with van der Waals surface area (Å²) in [4.78, 5) is 0. The Morgan fingerprint density at radius 1 is 1.28 bits per heavy atom. The Morgan fingerprint density at radius 3 is 2.83 bits per heavy atom. The number of nitriles is 1. The van der Waals surface area contributed by atoms with E-state index in [-0.39, 0.29) is 11.7 Å². The Labute approximate surface area is 107 Å². The summed E-state index contributed by atoms with van der Waals surface area (Å²) in [5, 5.41) is 9.61. The van der Waals surface area contributed by atoms with Crippen molar-refractivity contribution in [3.8, 4) is 6.07 Å². The molecule has 0 spiro atoms. The topological polar surface area (TPSA) is 42.2 Å². The SMILES string of the molecule is N#CC1(CCC2OCCO2)CCc2ccccc21. The summed E-state index contributed by atoms with van der Waals surface area (Å²) in [6.07, 6.45) is 3.46. The molecule has 1 unspecified atom stereocenters. The Balaban J connectivity index is 1.77. The molecule has 1 aromatic rings. The smallest absolute Gasteiger partial charge is 0.157 e. The number of ether oxygens (including phenoxy) is 2. The third-order valence-corrected chi connectivity index (χ3v) is 4.07. The normalized spacial score (nSPS) is 27.1. The number of hydrogen-bond donors (Lipinski definition) is 0. The molecule has 2 aliphatic rings. The summed E-state index contributed by atoms with van der Waals surface area (Å²) < 4.78 is 10.9. The summed E-state index contributed by atoms with van der Waals surface area (Å²) in [6.45, 7) is 1.36. The lowest BCUT2D eigenvalue weighted by molar-refractivity contribution is -0.0500. The van der Waals surface area contributed by atoms with Crippen molar-refractivity contribution in [2.24, 2.45) is 0 Å². The zero-order valence-corrected chi connectivity index (χ0v) is 10.4. The van der Waals surface area contributed by atoms with Crippen LogP contribution in [0.4, 0.5) is 0 Å². The zero-order valence-electron chi connectivity index (χ0n) is 10.4. The van der Waals surface area contributed by atoms with Crippen molar-refractivity contribution in [3.63, 3.8) is 0 Å². The Morgan fingerprint density at radius 2 is 2.06 bits per heavy atom. The first-order valence-electron chi connectivity index (χ1n) is 6.57. The first-order chi connectivity index (χ1) is 8.84. The van der Waals surface area contributed by atoms with Crippen LogP contribution in [-0.4, -0.2) is 19.5 Å². The van der Waals surface area contributed by atoms with Crippen LogP contribution in [0, 0.1) is 11.3 Å². The number of rotatable bonds is 3. The van der Waals surface area contributed by atoms with E-state index < -0.39 is 0 Å². The van der Waals surface area contributed by atoms with E-state index >= 15 is 0 Å². The molecule has 94 valence electrons. The lowest BCUT2D eigenvalue weighted by Gasteiger charge is -2.23. The second kappa shape index (κ2) is 4.72. The Bertz CT molecular complexity index is 474. The monoisotopic (exact) mass is 243 g/mol. The molecule has 1 fully saturated rings. The number of fused-ring (bicyclic) bond motifs is 1. The molecule has 1 atom stereocenters. The van der Waals surface area contributed by atoms with Gasteiger partial charge in [-0.25, -0.2) is 0 Å². The predicted molar refractivity (Wildman–Crippen MR) is 67.0 cm³/mol. The van der Waals surface area contributed by atoms with Crippen LogP contribution < -0.4 is 0 Å². The molecule has 3 rings (SSSR count). The molecule has 0 bridgehead atoms. The van der Waals surface area contributed by atoms with E-state index in [1.165, 1.54) is 11.1 Å². The van der Waals surface area contributed by atoms with Crippen LogP contribution in [-0.2, 0) is 21.3 Å². The number of hydrogen-bond acceptors (Lipinski definition) is 3. The average Bonchev–Trinajstić information content (AvgIpc) is 3.05. The van der Waals surface area contributed by atoms with Gasteiger partial charge in [-0.05, 0) is 30.4 Å². The van der Waals surface area contributed by atoms with Gasteiger partial charge in [-0.15, -0.1) is 0 Å². The second-order valence-corrected chi connectivity index (χ2v) is 5.06. The quantitative estimate of drug-likeness (QED) is 0.819. The van der Waals surface area contributed by atoms with Crippen molar-refractivity contribution < 1.29 is 9.47 Å². The molecule has 0 amide bonds. The molecular formula is C15H17NO2. The van der Waals surface area contributed by atoms with Gasteiger partial charge < -0.3 is 9.47 Å². The summed E-state index contributed by atoms with van der Waals surface area (Å²) in [6, 6.07) is 10.9. The van der Waals surface area contributed by atoms with Crippen molar-refractivity contribution in [2.45, 2.75) is 37.4 Å². The van der Waals surface area contributed by atoms with E-state index in [4.69, 9.17) is 9.47 Å². The van der Waals surface area contributed by atoms with Gasteiger partial charge in [0.25, 0.3) is 0 Å². The van der Waals surface area contributed by atoms with Crippen LogP contribution in [0.5, 0.6) is 0 Å². The van der Waals surface area contributed by atoms with Gasteiger partial charge in [-0.3, -0.25) is 0 Å². The highest BCUT2D eigenvalue weighted by molar-refractivity contribution is 5.43. The molecule has 1 heterocycles. The molecule has 0 aromatic heterocycles. The third-order valence-electron chi connectivity index (χ3n) is 4.07. The van der Waals surface area contributed by atoms with Crippen LogP contribution in [0.3, 0.4) is 0 Å². The van der Waals surface area contributed by atoms with Crippen molar-refractivity contribution in [1.82, 2.24) is 0 Å². The molecule has 3 nitrogen and oxygen atoms in total. The van der Waals surface area contributed by atoms with E-state index in [1.807, 2.05) is 6.07 Å². The molecule has 1 aliphatic heterocycles. The van der Waals surface area contributed by atoms with E-state index in [1.54, 1.807) is 0 Å².